The van der Waals surface area contributed by atoms with Crippen LogP contribution >= 0.6 is 0 Å². The highest BCUT2D eigenvalue weighted by molar-refractivity contribution is 5.68. The fourth-order valence-electron chi connectivity index (χ4n) is 3.37. The van der Waals surface area contributed by atoms with Crippen LogP contribution in [0, 0.1) is 11.8 Å². The Kier molecular flexibility index (Phi) is 4.95. The number of aliphatic hydroxyl groups is 1. The van der Waals surface area contributed by atoms with E-state index in [1.54, 1.807) is 4.90 Å². The topological polar surface area (TPSA) is 49.8 Å². The van der Waals surface area contributed by atoms with Crippen molar-refractivity contribution in [2.45, 2.75) is 71.0 Å². The molecule has 2 atom stereocenters. The van der Waals surface area contributed by atoms with E-state index in [0.29, 0.717) is 19.0 Å². The van der Waals surface area contributed by atoms with Crippen LogP contribution in [-0.4, -0.2) is 40.9 Å². The van der Waals surface area contributed by atoms with Gasteiger partial charge in [0.05, 0.1) is 6.10 Å². The van der Waals surface area contributed by atoms with E-state index in [2.05, 4.69) is 0 Å². The Balaban J connectivity index is 1.77. The largest absolute Gasteiger partial charge is 0.444 e. The van der Waals surface area contributed by atoms with Crippen LogP contribution in [0.2, 0.25) is 0 Å². The molecule has 1 N–H and O–H groups in total. The van der Waals surface area contributed by atoms with Gasteiger partial charge in [-0.1, -0.05) is 25.7 Å². The van der Waals surface area contributed by atoms with Crippen LogP contribution in [0.1, 0.15) is 59.3 Å². The van der Waals surface area contributed by atoms with Gasteiger partial charge in [-0.3, -0.25) is 0 Å². The number of carbonyl (C=O) groups is 1. The van der Waals surface area contributed by atoms with Crippen LogP contribution in [0.15, 0.2) is 0 Å². The molecule has 116 valence electrons. The molecule has 1 saturated heterocycles. The van der Waals surface area contributed by atoms with Gasteiger partial charge in [0.2, 0.25) is 0 Å². The van der Waals surface area contributed by atoms with Gasteiger partial charge in [0, 0.05) is 19.0 Å². The summed E-state index contributed by atoms with van der Waals surface area (Å²) in [5.41, 5.74) is -0.447. The third-order valence-electron chi connectivity index (χ3n) is 4.47. The van der Waals surface area contributed by atoms with Crippen molar-refractivity contribution in [1.82, 2.24) is 4.90 Å². The Morgan fingerprint density at radius 2 is 1.95 bits per heavy atom. The summed E-state index contributed by atoms with van der Waals surface area (Å²) in [6, 6.07) is 0. The summed E-state index contributed by atoms with van der Waals surface area (Å²) in [5.74, 6) is 0.920. The molecule has 0 radical (unpaired) electrons. The zero-order valence-corrected chi connectivity index (χ0v) is 13.1. The molecule has 0 bridgehead atoms. The minimum absolute atomic E-state index is 0.225. The Morgan fingerprint density at radius 3 is 2.55 bits per heavy atom. The Morgan fingerprint density at radius 1 is 1.30 bits per heavy atom. The highest BCUT2D eigenvalue weighted by Gasteiger charge is 2.34. The molecular formula is C16H29NO3. The average Bonchev–Trinajstić information content (AvgIpc) is 2.96. The second-order valence-electron chi connectivity index (χ2n) is 7.43. The lowest BCUT2D eigenvalue weighted by Gasteiger charge is -2.25. The predicted octanol–water partition coefficient (Wildman–Crippen LogP) is 3.18. The number of hydrogen-bond donors (Lipinski definition) is 1. The Labute approximate surface area is 122 Å². The van der Waals surface area contributed by atoms with E-state index in [4.69, 9.17) is 4.74 Å². The highest BCUT2D eigenvalue weighted by Crippen LogP contribution is 2.32. The molecule has 1 heterocycles. The van der Waals surface area contributed by atoms with Crippen LogP contribution in [0.25, 0.3) is 0 Å². The summed E-state index contributed by atoms with van der Waals surface area (Å²) in [7, 11) is 0. The van der Waals surface area contributed by atoms with Gasteiger partial charge >= 0.3 is 6.09 Å². The van der Waals surface area contributed by atoms with E-state index < -0.39 is 5.60 Å². The maximum absolute atomic E-state index is 12.0. The normalized spacial score (nSPS) is 26.0. The molecule has 1 aliphatic heterocycles. The summed E-state index contributed by atoms with van der Waals surface area (Å²) < 4.78 is 5.39. The molecule has 0 spiro atoms. The maximum atomic E-state index is 12.0. The molecule has 2 unspecified atom stereocenters. The van der Waals surface area contributed by atoms with Crippen molar-refractivity contribution in [2.75, 3.05) is 13.1 Å². The van der Waals surface area contributed by atoms with E-state index in [9.17, 15) is 9.90 Å². The van der Waals surface area contributed by atoms with Gasteiger partial charge < -0.3 is 14.7 Å². The van der Waals surface area contributed by atoms with Crippen molar-refractivity contribution in [3.8, 4) is 0 Å². The van der Waals surface area contributed by atoms with Crippen molar-refractivity contribution in [1.29, 1.82) is 0 Å². The van der Waals surface area contributed by atoms with E-state index >= 15 is 0 Å². The number of nitrogens with zero attached hydrogens (tertiary/aromatic N) is 1. The third kappa shape index (κ3) is 4.37. The van der Waals surface area contributed by atoms with Gasteiger partial charge in [0.1, 0.15) is 5.60 Å². The molecule has 0 aromatic rings. The third-order valence-corrected chi connectivity index (χ3v) is 4.47. The van der Waals surface area contributed by atoms with Crippen molar-refractivity contribution < 1.29 is 14.6 Å². The van der Waals surface area contributed by atoms with Crippen molar-refractivity contribution in [2.24, 2.45) is 11.8 Å². The van der Waals surface area contributed by atoms with Crippen LogP contribution < -0.4 is 0 Å². The van der Waals surface area contributed by atoms with Gasteiger partial charge in [0.25, 0.3) is 0 Å². The zero-order chi connectivity index (χ0) is 14.8. The molecule has 2 fully saturated rings. The zero-order valence-electron chi connectivity index (χ0n) is 13.1. The molecule has 1 amide bonds. The lowest BCUT2D eigenvalue weighted by molar-refractivity contribution is 0.0261. The highest BCUT2D eigenvalue weighted by atomic mass is 16.6. The molecule has 2 rings (SSSR count). The number of amides is 1. The summed E-state index contributed by atoms with van der Waals surface area (Å²) in [6.45, 7) is 7.00. The lowest BCUT2D eigenvalue weighted by Crippen LogP contribution is -2.36. The molecule has 1 saturated carbocycles. The van der Waals surface area contributed by atoms with E-state index in [1.165, 1.54) is 25.7 Å². The minimum atomic E-state index is -0.447. The second-order valence-corrected chi connectivity index (χ2v) is 7.43. The first kappa shape index (κ1) is 15.6. The quantitative estimate of drug-likeness (QED) is 0.865. The van der Waals surface area contributed by atoms with Crippen LogP contribution in [0.5, 0.6) is 0 Å². The van der Waals surface area contributed by atoms with E-state index in [0.717, 1.165) is 12.8 Å². The maximum Gasteiger partial charge on any atom is 0.410 e. The van der Waals surface area contributed by atoms with Gasteiger partial charge in [-0.25, -0.2) is 4.79 Å². The summed E-state index contributed by atoms with van der Waals surface area (Å²) in [5, 5.41) is 10.4. The SMILES string of the molecule is CC(C)(C)OC(=O)N1CCC(C(O)CC2CCCC2)C1. The van der Waals surface area contributed by atoms with Gasteiger partial charge in [-0.2, -0.15) is 0 Å². The molecule has 0 aromatic carbocycles. The van der Waals surface area contributed by atoms with Gasteiger partial charge in [-0.05, 0) is 39.5 Å². The standard InChI is InChI=1S/C16H29NO3/c1-16(2,3)20-15(19)17-9-8-13(11-17)14(18)10-12-6-4-5-7-12/h12-14,18H,4-11H2,1-3H3. The first-order valence-corrected chi connectivity index (χ1v) is 8.01. The van der Waals surface area contributed by atoms with Crippen molar-refractivity contribution in [3.63, 3.8) is 0 Å². The van der Waals surface area contributed by atoms with Crippen molar-refractivity contribution in [3.05, 3.63) is 0 Å². The number of ether oxygens (including phenoxy) is 1. The first-order valence-electron chi connectivity index (χ1n) is 8.01. The number of hydrogen-bond acceptors (Lipinski definition) is 3. The van der Waals surface area contributed by atoms with E-state index in [-0.39, 0.29) is 18.1 Å². The summed E-state index contributed by atoms with van der Waals surface area (Å²) in [4.78, 5) is 13.7. The van der Waals surface area contributed by atoms with Gasteiger partial charge in [0.15, 0.2) is 0 Å². The molecule has 4 heteroatoms. The smallest absolute Gasteiger partial charge is 0.410 e. The average molecular weight is 283 g/mol. The number of rotatable bonds is 3. The van der Waals surface area contributed by atoms with Crippen LogP contribution in [0.3, 0.4) is 0 Å². The number of carbonyl (C=O) groups excluding carboxylic acids is 1. The molecule has 1 aliphatic carbocycles. The van der Waals surface area contributed by atoms with E-state index in [1.807, 2.05) is 20.8 Å². The molecule has 20 heavy (non-hydrogen) atoms. The Hall–Kier alpha value is -0.770. The van der Waals surface area contributed by atoms with Crippen LogP contribution in [-0.2, 0) is 4.74 Å². The lowest BCUT2D eigenvalue weighted by atomic mass is 9.91. The fourth-order valence-corrected chi connectivity index (χ4v) is 3.37. The molecule has 2 aliphatic rings. The van der Waals surface area contributed by atoms with Crippen molar-refractivity contribution >= 4 is 6.09 Å². The first-order chi connectivity index (χ1) is 9.35. The predicted molar refractivity (Wildman–Crippen MR) is 78.5 cm³/mol. The monoisotopic (exact) mass is 283 g/mol. The summed E-state index contributed by atoms with van der Waals surface area (Å²) in [6.07, 6.45) is 6.45. The number of aliphatic hydroxyl groups excluding tert-OH is 1. The fraction of sp³-hybridized carbons (Fsp3) is 0.938. The Bertz CT molecular complexity index is 331. The second kappa shape index (κ2) is 6.33. The summed E-state index contributed by atoms with van der Waals surface area (Å²) >= 11 is 0. The number of likely N-dealkylation sites (tertiary alicyclic amines) is 1. The van der Waals surface area contributed by atoms with Gasteiger partial charge in [-0.15, -0.1) is 0 Å². The van der Waals surface area contributed by atoms with Crippen LogP contribution in [0.4, 0.5) is 4.79 Å². The molecule has 0 aromatic heterocycles. The molecular weight excluding hydrogens is 254 g/mol. The molecule has 4 nitrogen and oxygen atoms in total. The minimum Gasteiger partial charge on any atom is -0.444 e.